The summed E-state index contributed by atoms with van der Waals surface area (Å²) in [6.07, 6.45) is 1.60. The van der Waals surface area contributed by atoms with Crippen LogP contribution in [0.2, 0.25) is 0 Å². The van der Waals surface area contributed by atoms with Gasteiger partial charge in [-0.2, -0.15) is 0 Å². The molecule has 2 aromatic carbocycles. The van der Waals surface area contributed by atoms with E-state index in [1.807, 2.05) is 72.8 Å². The molecule has 0 aliphatic carbocycles. The molecule has 0 saturated heterocycles. The van der Waals surface area contributed by atoms with Gasteiger partial charge in [0.25, 0.3) is 11.8 Å². The average Bonchev–Trinajstić information content (AvgIpc) is 3.30. The van der Waals surface area contributed by atoms with Crippen LogP contribution in [0.5, 0.6) is 0 Å². The fraction of sp³-hybridized carbons (Fsp3) is 0.0909. The fourth-order valence-corrected chi connectivity index (χ4v) is 4.03. The standard InChI is InChI=1S/C22H17NO3S/c24-21-19(17-10-5-2-6-11-17)20(27-15-18-12-7-13-26-18)22(25)23(21)14-16-8-3-1-4-9-16/h1-13H,14-15H2. The van der Waals surface area contributed by atoms with Crippen LogP contribution in [0.4, 0.5) is 0 Å². The SMILES string of the molecule is O=C1C(SCc2ccco2)=C(c2ccccc2)C(=O)N1Cc1ccccc1. The summed E-state index contributed by atoms with van der Waals surface area (Å²) in [4.78, 5) is 28.0. The summed E-state index contributed by atoms with van der Waals surface area (Å²) in [7, 11) is 0. The molecule has 134 valence electrons. The maximum absolute atomic E-state index is 13.1. The molecule has 4 rings (SSSR count). The van der Waals surface area contributed by atoms with Gasteiger partial charge in [-0.15, -0.1) is 11.8 Å². The Morgan fingerprint density at radius 3 is 2.19 bits per heavy atom. The van der Waals surface area contributed by atoms with E-state index in [-0.39, 0.29) is 18.4 Å². The lowest BCUT2D eigenvalue weighted by Crippen LogP contribution is -2.30. The molecule has 0 spiro atoms. The third kappa shape index (κ3) is 3.59. The Labute approximate surface area is 161 Å². The first-order valence-corrected chi connectivity index (χ1v) is 9.57. The minimum atomic E-state index is -0.253. The van der Waals surface area contributed by atoms with E-state index in [4.69, 9.17) is 4.42 Å². The smallest absolute Gasteiger partial charge is 0.268 e. The van der Waals surface area contributed by atoms with Gasteiger partial charge in [-0.25, -0.2) is 0 Å². The lowest BCUT2D eigenvalue weighted by Gasteiger charge is -2.15. The minimum Gasteiger partial charge on any atom is -0.468 e. The van der Waals surface area contributed by atoms with Crippen LogP contribution in [0.25, 0.3) is 5.57 Å². The molecule has 0 bridgehead atoms. The van der Waals surface area contributed by atoms with E-state index in [0.717, 1.165) is 16.9 Å². The van der Waals surface area contributed by atoms with Gasteiger partial charge in [-0.3, -0.25) is 14.5 Å². The first kappa shape index (κ1) is 17.4. The molecule has 3 aromatic rings. The van der Waals surface area contributed by atoms with Gasteiger partial charge in [-0.05, 0) is 23.3 Å². The number of imide groups is 1. The zero-order valence-electron chi connectivity index (χ0n) is 14.5. The predicted octanol–water partition coefficient (Wildman–Crippen LogP) is 4.49. The van der Waals surface area contributed by atoms with E-state index in [0.29, 0.717) is 16.2 Å². The maximum Gasteiger partial charge on any atom is 0.268 e. The number of carbonyl (C=O) groups is 2. The molecule has 1 aliphatic rings. The molecular weight excluding hydrogens is 358 g/mol. The van der Waals surface area contributed by atoms with Crippen molar-refractivity contribution in [2.45, 2.75) is 12.3 Å². The number of nitrogens with zero attached hydrogens (tertiary/aromatic N) is 1. The lowest BCUT2D eigenvalue weighted by molar-refractivity contribution is -0.137. The highest BCUT2D eigenvalue weighted by molar-refractivity contribution is 8.03. The molecule has 2 heterocycles. The van der Waals surface area contributed by atoms with Gasteiger partial charge < -0.3 is 4.42 Å². The molecule has 2 amide bonds. The molecule has 5 heteroatoms. The van der Waals surface area contributed by atoms with Crippen molar-refractivity contribution >= 4 is 29.1 Å². The number of hydrogen-bond acceptors (Lipinski definition) is 4. The van der Waals surface area contributed by atoms with Crippen molar-refractivity contribution in [3.63, 3.8) is 0 Å². The fourth-order valence-electron chi connectivity index (χ4n) is 2.99. The first-order chi connectivity index (χ1) is 13.2. The van der Waals surface area contributed by atoms with Gasteiger partial charge in [0, 0.05) is 0 Å². The Bertz CT molecular complexity index is 979. The Hall–Kier alpha value is -3.05. The van der Waals surface area contributed by atoms with Crippen molar-refractivity contribution in [3.8, 4) is 0 Å². The summed E-state index contributed by atoms with van der Waals surface area (Å²) < 4.78 is 5.37. The number of carbonyl (C=O) groups excluding carboxylic acids is 2. The molecule has 4 nitrogen and oxygen atoms in total. The molecule has 27 heavy (non-hydrogen) atoms. The molecule has 1 aromatic heterocycles. The topological polar surface area (TPSA) is 50.5 Å². The third-order valence-corrected chi connectivity index (χ3v) is 5.41. The zero-order chi connectivity index (χ0) is 18.6. The normalized spacial score (nSPS) is 14.3. The summed E-state index contributed by atoms with van der Waals surface area (Å²) in [5.41, 5.74) is 2.14. The van der Waals surface area contributed by atoms with E-state index in [9.17, 15) is 9.59 Å². The third-order valence-electron chi connectivity index (χ3n) is 4.31. The number of furan rings is 1. The van der Waals surface area contributed by atoms with Crippen LogP contribution in [0.15, 0.2) is 88.4 Å². The average molecular weight is 375 g/mol. The van der Waals surface area contributed by atoms with Crippen LogP contribution in [0.3, 0.4) is 0 Å². The number of hydrogen-bond donors (Lipinski definition) is 0. The van der Waals surface area contributed by atoms with Crippen LogP contribution < -0.4 is 0 Å². The second-order valence-electron chi connectivity index (χ2n) is 6.12. The van der Waals surface area contributed by atoms with Crippen LogP contribution in [-0.4, -0.2) is 16.7 Å². The van der Waals surface area contributed by atoms with E-state index in [2.05, 4.69) is 0 Å². The molecule has 0 N–H and O–H groups in total. The van der Waals surface area contributed by atoms with Crippen molar-refractivity contribution < 1.29 is 14.0 Å². The van der Waals surface area contributed by atoms with Gasteiger partial charge in [0.1, 0.15) is 5.76 Å². The highest BCUT2D eigenvalue weighted by atomic mass is 32.2. The van der Waals surface area contributed by atoms with Crippen molar-refractivity contribution in [2.24, 2.45) is 0 Å². The van der Waals surface area contributed by atoms with Crippen LogP contribution in [0.1, 0.15) is 16.9 Å². The van der Waals surface area contributed by atoms with E-state index in [1.165, 1.54) is 16.7 Å². The maximum atomic E-state index is 13.1. The van der Waals surface area contributed by atoms with Crippen molar-refractivity contribution in [3.05, 3.63) is 101 Å². The summed E-state index contributed by atoms with van der Waals surface area (Å²) >= 11 is 1.34. The van der Waals surface area contributed by atoms with Gasteiger partial charge in [-0.1, -0.05) is 60.7 Å². The van der Waals surface area contributed by atoms with E-state index < -0.39 is 0 Å². The van der Waals surface area contributed by atoms with Crippen molar-refractivity contribution in [1.82, 2.24) is 4.90 Å². The van der Waals surface area contributed by atoms with Crippen molar-refractivity contribution in [2.75, 3.05) is 0 Å². The van der Waals surface area contributed by atoms with Gasteiger partial charge in [0.2, 0.25) is 0 Å². The zero-order valence-corrected chi connectivity index (χ0v) is 15.3. The Morgan fingerprint density at radius 1 is 0.815 bits per heavy atom. The molecule has 0 radical (unpaired) electrons. The van der Waals surface area contributed by atoms with Crippen LogP contribution >= 0.6 is 11.8 Å². The quantitative estimate of drug-likeness (QED) is 0.596. The molecule has 0 atom stereocenters. The number of thioether (sulfide) groups is 1. The van der Waals surface area contributed by atoms with E-state index >= 15 is 0 Å². The Morgan fingerprint density at radius 2 is 1.52 bits per heavy atom. The molecule has 0 unspecified atom stereocenters. The summed E-state index contributed by atoms with van der Waals surface area (Å²) in [5, 5.41) is 0. The van der Waals surface area contributed by atoms with Crippen LogP contribution in [0, 0.1) is 0 Å². The second kappa shape index (κ2) is 7.68. The van der Waals surface area contributed by atoms with Gasteiger partial charge >= 0.3 is 0 Å². The number of amides is 2. The highest BCUT2D eigenvalue weighted by Gasteiger charge is 2.39. The Kier molecular flexibility index (Phi) is 4.94. The minimum absolute atomic E-state index is 0.251. The summed E-state index contributed by atoms with van der Waals surface area (Å²) in [5.74, 6) is 0.759. The first-order valence-electron chi connectivity index (χ1n) is 8.59. The molecule has 0 fully saturated rings. The number of benzene rings is 2. The summed E-state index contributed by atoms with van der Waals surface area (Å²) in [6, 6.07) is 22.6. The Balaban J connectivity index is 1.66. The largest absolute Gasteiger partial charge is 0.468 e. The predicted molar refractivity (Wildman–Crippen MR) is 105 cm³/mol. The molecular formula is C22H17NO3S. The van der Waals surface area contributed by atoms with E-state index in [1.54, 1.807) is 6.26 Å². The lowest BCUT2D eigenvalue weighted by atomic mass is 10.1. The van der Waals surface area contributed by atoms with Crippen LogP contribution in [-0.2, 0) is 21.9 Å². The van der Waals surface area contributed by atoms with Crippen molar-refractivity contribution in [1.29, 1.82) is 0 Å². The molecule has 1 aliphatic heterocycles. The second-order valence-corrected chi connectivity index (χ2v) is 7.11. The highest BCUT2D eigenvalue weighted by Crippen LogP contribution is 2.38. The monoisotopic (exact) mass is 375 g/mol. The summed E-state index contributed by atoms with van der Waals surface area (Å²) in [6.45, 7) is 0.264. The molecule has 0 saturated carbocycles. The van der Waals surface area contributed by atoms with Gasteiger partial charge in [0.15, 0.2) is 0 Å². The van der Waals surface area contributed by atoms with Gasteiger partial charge in [0.05, 0.1) is 29.0 Å². The number of rotatable bonds is 6.